The molecule has 1 rings (SSSR count). The number of carbonyl (C=O) groups excluding carboxylic acids is 1. The maximum absolute atomic E-state index is 11.2. The van der Waals surface area contributed by atoms with Crippen molar-refractivity contribution < 1.29 is 19.6 Å². The van der Waals surface area contributed by atoms with Gasteiger partial charge in [-0.2, -0.15) is 0 Å². The zero-order chi connectivity index (χ0) is 15.5. The summed E-state index contributed by atoms with van der Waals surface area (Å²) in [7, 11) is 0. The molecule has 0 spiro atoms. The molecule has 0 bridgehead atoms. The molecule has 1 amide bonds. The third kappa shape index (κ3) is 3.44. The zero-order valence-corrected chi connectivity index (χ0v) is 11.0. The lowest BCUT2D eigenvalue weighted by molar-refractivity contribution is -0.384. The molecule has 0 aliphatic carbocycles. The highest BCUT2D eigenvalue weighted by Gasteiger charge is 2.26. The summed E-state index contributed by atoms with van der Waals surface area (Å²) in [4.78, 5) is 32.3. The number of nitrogens with one attached hydrogen (secondary N) is 1. The van der Waals surface area contributed by atoms with Gasteiger partial charge in [0.25, 0.3) is 5.69 Å². The number of carbonyl (C=O) groups is 2. The standard InChI is InChI=1S/C12H15N3O5/c1-12(2,11(13)18)6-14-8-5-7(10(16)17)3-4-9(8)15(19)20/h3-5,14H,6H2,1-2H3,(H2,13,18)(H,16,17). The Morgan fingerprint density at radius 2 is 2.05 bits per heavy atom. The van der Waals surface area contributed by atoms with Crippen molar-refractivity contribution in [1.82, 2.24) is 0 Å². The van der Waals surface area contributed by atoms with E-state index in [4.69, 9.17) is 10.8 Å². The van der Waals surface area contributed by atoms with Gasteiger partial charge >= 0.3 is 5.97 Å². The molecule has 0 fully saturated rings. The summed E-state index contributed by atoms with van der Waals surface area (Å²) >= 11 is 0. The monoisotopic (exact) mass is 281 g/mol. The Morgan fingerprint density at radius 1 is 1.45 bits per heavy atom. The Bertz CT molecular complexity index is 568. The summed E-state index contributed by atoms with van der Waals surface area (Å²) in [5.41, 5.74) is 3.96. The van der Waals surface area contributed by atoms with Crippen molar-refractivity contribution in [3.8, 4) is 0 Å². The number of nitro groups is 1. The topological polar surface area (TPSA) is 136 Å². The molecule has 0 aliphatic rings. The maximum Gasteiger partial charge on any atom is 0.335 e. The van der Waals surface area contributed by atoms with Gasteiger partial charge < -0.3 is 16.2 Å². The van der Waals surface area contributed by atoms with Crippen molar-refractivity contribution in [2.45, 2.75) is 13.8 Å². The van der Waals surface area contributed by atoms with Crippen LogP contribution in [0.4, 0.5) is 11.4 Å². The number of nitrogens with two attached hydrogens (primary N) is 1. The first-order chi connectivity index (χ1) is 9.15. The van der Waals surface area contributed by atoms with Crippen LogP contribution < -0.4 is 11.1 Å². The van der Waals surface area contributed by atoms with E-state index in [1.165, 1.54) is 0 Å². The number of benzene rings is 1. The van der Waals surface area contributed by atoms with Gasteiger partial charge in [0.1, 0.15) is 5.69 Å². The number of aromatic carboxylic acids is 1. The predicted octanol–water partition coefficient (Wildman–Crippen LogP) is 1.22. The maximum atomic E-state index is 11.2. The number of rotatable bonds is 6. The molecule has 8 nitrogen and oxygen atoms in total. The Morgan fingerprint density at radius 3 is 2.50 bits per heavy atom. The highest BCUT2D eigenvalue weighted by Crippen LogP contribution is 2.27. The normalized spacial score (nSPS) is 10.9. The Labute approximate surface area is 114 Å². The molecule has 0 heterocycles. The highest BCUT2D eigenvalue weighted by molar-refractivity contribution is 5.90. The molecule has 1 aromatic rings. The molecule has 0 saturated carbocycles. The van der Waals surface area contributed by atoms with Crippen LogP contribution in [0.2, 0.25) is 0 Å². The first-order valence-electron chi connectivity index (χ1n) is 5.70. The highest BCUT2D eigenvalue weighted by atomic mass is 16.6. The number of nitro benzene ring substituents is 1. The molecule has 20 heavy (non-hydrogen) atoms. The average molecular weight is 281 g/mol. The summed E-state index contributed by atoms with van der Waals surface area (Å²) in [5, 5.41) is 22.5. The number of hydrogen-bond donors (Lipinski definition) is 3. The van der Waals surface area contributed by atoms with Crippen LogP contribution in [-0.4, -0.2) is 28.5 Å². The van der Waals surface area contributed by atoms with Gasteiger partial charge in [-0.05, 0) is 26.0 Å². The van der Waals surface area contributed by atoms with E-state index in [1.54, 1.807) is 13.8 Å². The minimum atomic E-state index is -1.20. The molecular formula is C12H15N3O5. The van der Waals surface area contributed by atoms with Crippen LogP contribution >= 0.6 is 0 Å². The minimum absolute atomic E-state index is 0.0317. The van der Waals surface area contributed by atoms with Crippen LogP contribution in [0.5, 0.6) is 0 Å². The van der Waals surface area contributed by atoms with Crippen LogP contribution in [0.25, 0.3) is 0 Å². The largest absolute Gasteiger partial charge is 0.478 e. The summed E-state index contributed by atoms with van der Waals surface area (Å²) in [6, 6.07) is 3.39. The molecule has 0 saturated heterocycles. The number of carboxylic acids is 1. The lowest BCUT2D eigenvalue weighted by Crippen LogP contribution is -2.37. The fourth-order valence-corrected chi connectivity index (χ4v) is 1.37. The van der Waals surface area contributed by atoms with Gasteiger partial charge in [0.2, 0.25) is 5.91 Å². The first-order valence-corrected chi connectivity index (χ1v) is 5.70. The van der Waals surface area contributed by atoms with Crippen molar-refractivity contribution in [2.75, 3.05) is 11.9 Å². The fourth-order valence-electron chi connectivity index (χ4n) is 1.37. The van der Waals surface area contributed by atoms with Crippen LogP contribution in [-0.2, 0) is 4.79 Å². The fraction of sp³-hybridized carbons (Fsp3) is 0.333. The predicted molar refractivity (Wildman–Crippen MR) is 71.5 cm³/mol. The van der Waals surface area contributed by atoms with Crippen LogP contribution in [0.3, 0.4) is 0 Å². The molecule has 8 heteroatoms. The van der Waals surface area contributed by atoms with Crippen LogP contribution in [0.15, 0.2) is 18.2 Å². The number of carboxylic acid groups (broad SMARTS) is 1. The molecule has 108 valence electrons. The van der Waals surface area contributed by atoms with Gasteiger partial charge in [-0.3, -0.25) is 14.9 Å². The lowest BCUT2D eigenvalue weighted by atomic mass is 9.92. The first kappa shape index (κ1) is 15.4. The number of hydrogen-bond acceptors (Lipinski definition) is 5. The van der Waals surface area contributed by atoms with Gasteiger partial charge in [-0.25, -0.2) is 4.79 Å². The van der Waals surface area contributed by atoms with Crippen LogP contribution in [0.1, 0.15) is 24.2 Å². The van der Waals surface area contributed by atoms with Gasteiger partial charge in [0, 0.05) is 12.6 Å². The van der Waals surface area contributed by atoms with E-state index < -0.39 is 22.2 Å². The van der Waals surface area contributed by atoms with Crippen molar-refractivity contribution >= 4 is 23.3 Å². The van der Waals surface area contributed by atoms with Gasteiger partial charge in [-0.1, -0.05) is 0 Å². The lowest BCUT2D eigenvalue weighted by Gasteiger charge is -2.21. The van der Waals surface area contributed by atoms with Gasteiger partial charge in [0.15, 0.2) is 0 Å². The van der Waals surface area contributed by atoms with E-state index >= 15 is 0 Å². The minimum Gasteiger partial charge on any atom is -0.478 e. The molecule has 0 aliphatic heterocycles. The summed E-state index contributed by atoms with van der Waals surface area (Å²) in [6.07, 6.45) is 0. The zero-order valence-electron chi connectivity index (χ0n) is 11.0. The quantitative estimate of drug-likeness (QED) is 0.529. The van der Waals surface area contributed by atoms with Crippen molar-refractivity contribution in [1.29, 1.82) is 0 Å². The summed E-state index contributed by atoms with van der Waals surface area (Å²) in [5.74, 6) is -1.76. The second kappa shape index (κ2) is 5.55. The number of amides is 1. The molecule has 4 N–H and O–H groups in total. The van der Waals surface area contributed by atoms with Gasteiger partial charge in [-0.15, -0.1) is 0 Å². The number of anilines is 1. The summed E-state index contributed by atoms with van der Waals surface area (Å²) in [6.45, 7) is 3.21. The van der Waals surface area contributed by atoms with Crippen molar-refractivity contribution in [3.63, 3.8) is 0 Å². The molecule has 0 aromatic heterocycles. The molecule has 0 unspecified atom stereocenters. The van der Waals surface area contributed by atoms with E-state index in [9.17, 15) is 19.7 Å². The van der Waals surface area contributed by atoms with E-state index in [2.05, 4.69) is 5.32 Å². The second-order valence-corrected chi connectivity index (χ2v) is 4.90. The number of nitrogens with zero attached hydrogens (tertiary/aromatic N) is 1. The smallest absolute Gasteiger partial charge is 0.335 e. The Hall–Kier alpha value is -2.64. The Kier molecular flexibility index (Phi) is 4.28. The SMILES string of the molecule is CC(C)(CNc1cc(C(=O)O)ccc1[N+](=O)[O-])C(N)=O. The third-order valence-electron chi connectivity index (χ3n) is 2.83. The average Bonchev–Trinajstić information content (AvgIpc) is 2.35. The van der Waals surface area contributed by atoms with E-state index in [-0.39, 0.29) is 23.5 Å². The van der Waals surface area contributed by atoms with Crippen LogP contribution in [0, 0.1) is 15.5 Å². The Balaban J connectivity index is 3.08. The molecular weight excluding hydrogens is 266 g/mol. The molecule has 0 atom stereocenters. The summed E-state index contributed by atoms with van der Waals surface area (Å²) < 4.78 is 0. The van der Waals surface area contributed by atoms with Crippen molar-refractivity contribution in [3.05, 3.63) is 33.9 Å². The van der Waals surface area contributed by atoms with E-state index in [0.29, 0.717) is 0 Å². The third-order valence-corrected chi connectivity index (χ3v) is 2.83. The van der Waals surface area contributed by atoms with Crippen molar-refractivity contribution in [2.24, 2.45) is 11.1 Å². The van der Waals surface area contributed by atoms with E-state index in [0.717, 1.165) is 18.2 Å². The number of primary amides is 1. The molecule has 1 aromatic carbocycles. The van der Waals surface area contributed by atoms with E-state index in [1.807, 2.05) is 0 Å². The van der Waals surface area contributed by atoms with Gasteiger partial charge in [0.05, 0.1) is 15.9 Å². The molecule has 0 radical (unpaired) electrons. The second-order valence-electron chi connectivity index (χ2n) is 4.90.